The highest BCUT2D eigenvalue weighted by Crippen LogP contribution is 2.34. The molecule has 0 radical (unpaired) electrons. The van der Waals surface area contributed by atoms with E-state index in [9.17, 15) is 9.59 Å². The molecule has 1 aromatic carbocycles. The molecular formula is C21H27NO3S. The van der Waals surface area contributed by atoms with Gasteiger partial charge < -0.3 is 10.1 Å². The van der Waals surface area contributed by atoms with Crippen molar-refractivity contribution < 1.29 is 14.3 Å². The van der Waals surface area contributed by atoms with Crippen LogP contribution < -0.4 is 5.32 Å². The third kappa shape index (κ3) is 4.33. The smallest absolute Gasteiger partial charge is 0.341 e. The summed E-state index contributed by atoms with van der Waals surface area (Å²) in [5, 5.41) is 3.46. The lowest BCUT2D eigenvalue weighted by molar-refractivity contribution is 0.0527. The van der Waals surface area contributed by atoms with Gasteiger partial charge in [0.2, 0.25) is 0 Å². The largest absolute Gasteiger partial charge is 0.462 e. The van der Waals surface area contributed by atoms with Gasteiger partial charge in [0, 0.05) is 10.4 Å². The standard InChI is InChI=1S/C21H27NO3S/c1-7-16-13(3)26-19(17(16)20(24)25-8-2)22-18(23)14-9-11-15(12-10-14)21(4,5)6/h9-12H,7-8H2,1-6H3,(H,22,23). The van der Waals surface area contributed by atoms with Crippen LogP contribution in [0.3, 0.4) is 0 Å². The Balaban J connectivity index is 2.30. The van der Waals surface area contributed by atoms with Gasteiger partial charge in [0.25, 0.3) is 5.91 Å². The van der Waals surface area contributed by atoms with E-state index in [4.69, 9.17) is 4.74 Å². The van der Waals surface area contributed by atoms with Crippen molar-refractivity contribution in [2.75, 3.05) is 11.9 Å². The van der Waals surface area contributed by atoms with Crippen LogP contribution in [-0.4, -0.2) is 18.5 Å². The van der Waals surface area contributed by atoms with E-state index in [1.54, 1.807) is 6.92 Å². The second-order valence-electron chi connectivity index (χ2n) is 7.20. The summed E-state index contributed by atoms with van der Waals surface area (Å²) < 4.78 is 5.18. The maximum Gasteiger partial charge on any atom is 0.341 e. The first kappa shape index (κ1) is 20.2. The van der Waals surface area contributed by atoms with Gasteiger partial charge in [-0.1, -0.05) is 39.8 Å². The third-order valence-electron chi connectivity index (χ3n) is 4.28. The summed E-state index contributed by atoms with van der Waals surface area (Å²) >= 11 is 1.42. The number of rotatable bonds is 5. The van der Waals surface area contributed by atoms with Gasteiger partial charge in [0.05, 0.1) is 12.2 Å². The van der Waals surface area contributed by atoms with Crippen molar-refractivity contribution in [3.05, 3.63) is 51.4 Å². The lowest BCUT2D eigenvalue weighted by Crippen LogP contribution is -2.16. The molecule has 1 heterocycles. The minimum Gasteiger partial charge on any atom is -0.462 e. The summed E-state index contributed by atoms with van der Waals surface area (Å²) in [4.78, 5) is 26.0. The van der Waals surface area contributed by atoms with Crippen molar-refractivity contribution in [2.24, 2.45) is 0 Å². The monoisotopic (exact) mass is 373 g/mol. The fourth-order valence-electron chi connectivity index (χ4n) is 2.81. The van der Waals surface area contributed by atoms with E-state index in [1.807, 2.05) is 38.1 Å². The van der Waals surface area contributed by atoms with Crippen LogP contribution in [-0.2, 0) is 16.6 Å². The van der Waals surface area contributed by atoms with Crippen molar-refractivity contribution >= 4 is 28.2 Å². The zero-order valence-corrected chi connectivity index (χ0v) is 17.2. The second kappa shape index (κ2) is 8.04. The number of ether oxygens (including phenoxy) is 1. The Labute approximate surface area is 159 Å². The van der Waals surface area contributed by atoms with Gasteiger partial charge in [-0.15, -0.1) is 11.3 Å². The molecule has 2 aromatic rings. The highest BCUT2D eigenvalue weighted by atomic mass is 32.1. The molecular weight excluding hydrogens is 346 g/mol. The summed E-state index contributed by atoms with van der Waals surface area (Å²) in [6.45, 7) is 12.4. The average Bonchev–Trinajstić information content (AvgIpc) is 2.89. The van der Waals surface area contributed by atoms with E-state index in [-0.39, 0.29) is 17.3 Å². The molecule has 4 nitrogen and oxygen atoms in total. The predicted octanol–water partition coefficient (Wildman–Crippen LogP) is 5.35. The Morgan fingerprint density at radius 1 is 1.12 bits per heavy atom. The Morgan fingerprint density at radius 3 is 2.23 bits per heavy atom. The summed E-state index contributed by atoms with van der Waals surface area (Å²) in [6, 6.07) is 7.58. The normalized spacial score (nSPS) is 11.3. The van der Waals surface area contributed by atoms with Gasteiger partial charge in [0.15, 0.2) is 0 Å². The molecule has 1 amide bonds. The summed E-state index contributed by atoms with van der Waals surface area (Å²) in [5.41, 5.74) is 3.19. The summed E-state index contributed by atoms with van der Waals surface area (Å²) in [5.74, 6) is -0.605. The Bertz CT molecular complexity index is 798. The van der Waals surface area contributed by atoms with Gasteiger partial charge in [-0.2, -0.15) is 0 Å². The van der Waals surface area contributed by atoms with Gasteiger partial charge >= 0.3 is 5.97 Å². The number of nitrogens with one attached hydrogen (secondary N) is 1. The number of hydrogen-bond acceptors (Lipinski definition) is 4. The highest BCUT2D eigenvalue weighted by Gasteiger charge is 2.24. The number of carbonyl (C=O) groups excluding carboxylic acids is 2. The molecule has 0 atom stereocenters. The molecule has 2 rings (SSSR count). The molecule has 0 saturated carbocycles. The topological polar surface area (TPSA) is 55.4 Å². The predicted molar refractivity (Wildman–Crippen MR) is 107 cm³/mol. The Kier molecular flexibility index (Phi) is 6.24. The first-order valence-corrected chi connectivity index (χ1v) is 9.71. The molecule has 0 saturated heterocycles. The van der Waals surface area contributed by atoms with Crippen LogP contribution >= 0.6 is 11.3 Å². The number of thiophene rings is 1. The first-order valence-electron chi connectivity index (χ1n) is 8.90. The molecule has 140 valence electrons. The van der Waals surface area contributed by atoms with Crippen LogP contribution in [0.25, 0.3) is 0 Å². The van der Waals surface area contributed by atoms with Crippen molar-refractivity contribution in [1.82, 2.24) is 0 Å². The van der Waals surface area contributed by atoms with Crippen LogP contribution in [0.4, 0.5) is 5.00 Å². The fourth-order valence-corrected chi connectivity index (χ4v) is 3.94. The molecule has 0 unspecified atom stereocenters. The molecule has 0 spiro atoms. The van der Waals surface area contributed by atoms with Gasteiger partial charge in [-0.05, 0) is 48.9 Å². The van der Waals surface area contributed by atoms with E-state index in [2.05, 4.69) is 26.1 Å². The van der Waals surface area contributed by atoms with Crippen LogP contribution in [0.1, 0.15) is 71.3 Å². The number of benzene rings is 1. The average molecular weight is 374 g/mol. The molecule has 0 aliphatic carbocycles. The number of amides is 1. The number of hydrogen-bond donors (Lipinski definition) is 1. The van der Waals surface area contributed by atoms with Crippen molar-refractivity contribution in [3.63, 3.8) is 0 Å². The first-order chi connectivity index (χ1) is 12.2. The molecule has 0 fully saturated rings. The van der Waals surface area contributed by atoms with Crippen LogP contribution in [0, 0.1) is 6.92 Å². The molecule has 26 heavy (non-hydrogen) atoms. The van der Waals surface area contributed by atoms with Crippen molar-refractivity contribution in [1.29, 1.82) is 0 Å². The zero-order valence-electron chi connectivity index (χ0n) is 16.4. The number of esters is 1. The molecule has 0 aliphatic rings. The second-order valence-corrected chi connectivity index (χ2v) is 8.42. The lowest BCUT2D eigenvalue weighted by atomic mass is 9.87. The molecule has 5 heteroatoms. The highest BCUT2D eigenvalue weighted by molar-refractivity contribution is 7.16. The van der Waals surface area contributed by atoms with E-state index >= 15 is 0 Å². The zero-order chi connectivity index (χ0) is 19.5. The van der Waals surface area contributed by atoms with E-state index in [0.717, 1.165) is 10.4 Å². The van der Waals surface area contributed by atoms with Crippen LogP contribution in [0.5, 0.6) is 0 Å². The van der Waals surface area contributed by atoms with E-state index in [0.29, 0.717) is 29.2 Å². The third-order valence-corrected chi connectivity index (χ3v) is 5.35. The Hall–Kier alpha value is -2.14. The quantitative estimate of drug-likeness (QED) is 0.719. The summed E-state index contributed by atoms with van der Waals surface area (Å²) in [7, 11) is 0. The lowest BCUT2D eigenvalue weighted by Gasteiger charge is -2.19. The molecule has 1 aromatic heterocycles. The molecule has 0 aliphatic heterocycles. The van der Waals surface area contributed by atoms with Gasteiger partial charge in [0.1, 0.15) is 5.00 Å². The summed E-state index contributed by atoms with van der Waals surface area (Å²) in [6.07, 6.45) is 0.715. The van der Waals surface area contributed by atoms with Crippen LogP contribution in [0.15, 0.2) is 24.3 Å². The van der Waals surface area contributed by atoms with Crippen LogP contribution in [0.2, 0.25) is 0 Å². The van der Waals surface area contributed by atoms with E-state index < -0.39 is 0 Å². The maximum absolute atomic E-state index is 12.7. The molecule has 1 N–H and O–H groups in total. The minimum atomic E-state index is -0.382. The fraction of sp³-hybridized carbons (Fsp3) is 0.429. The number of anilines is 1. The number of carbonyl (C=O) groups is 2. The minimum absolute atomic E-state index is 0.0347. The SMILES string of the molecule is CCOC(=O)c1c(NC(=O)c2ccc(C(C)(C)C)cc2)sc(C)c1CC. The van der Waals surface area contributed by atoms with E-state index in [1.165, 1.54) is 16.9 Å². The van der Waals surface area contributed by atoms with Crippen molar-refractivity contribution in [2.45, 2.75) is 53.4 Å². The molecule has 0 bridgehead atoms. The van der Waals surface area contributed by atoms with Crippen molar-refractivity contribution in [3.8, 4) is 0 Å². The maximum atomic E-state index is 12.7. The van der Waals surface area contributed by atoms with Gasteiger partial charge in [-0.25, -0.2) is 4.79 Å². The Morgan fingerprint density at radius 2 is 1.73 bits per heavy atom. The van der Waals surface area contributed by atoms with Gasteiger partial charge in [-0.3, -0.25) is 4.79 Å². The number of aryl methyl sites for hydroxylation is 1.